The van der Waals surface area contributed by atoms with Crippen molar-refractivity contribution in [3.8, 4) is 11.5 Å². The zero-order valence-corrected chi connectivity index (χ0v) is 17.9. The van der Waals surface area contributed by atoms with E-state index in [2.05, 4.69) is 10.6 Å². The summed E-state index contributed by atoms with van der Waals surface area (Å²) in [4.78, 5) is 49.5. The third-order valence-electron chi connectivity index (χ3n) is 5.16. The number of hydrogen-bond acceptors (Lipinski definition) is 7. The number of nitrogens with one attached hydrogen (secondary N) is 2. The van der Waals surface area contributed by atoms with E-state index in [4.69, 9.17) is 9.47 Å². The molecule has 1 aliphatic rings. The Bertz CT molecular complexity index is 1120. The number of ether oxygens (including phenoxy) is 2. The van der Waals surface area contributed by atoms with Gasteiger partial charge >= 0.3 is 6.03 Å². The second kappa shape index (κ2) is 8.53. The van der Waals surface area contributed by atoms with Crippen molar-refractivity contribution in [1.82, 2.24) is 10.2 Å². The van der Waals surface area contributed by atoms with E-state index in [9.17, 15) is 24.5 Å². The number of aryl methyl sites for hydroxylation is 1. The average molecular weight is 442 g/mol. The van der Waals surface area contributed by atoms with Gasteiger partial charge in [0.05, 0.1) is 19.1 Å². The summed E-state index contributed by atoms with van der Waals surface area (Å²) in [6.45, 7) is 2.58. The zero-order valence-electron chi connectivity index (χ0n) is 17.9. The minimum atomic E-state index is -1.44. The molecular weight excluding hydrogens is 420 g/mol. The smallest absolute Gasteiger partial charge is 0.325 e. The van der Waals surface area contributed by atoms with Gasteiger partial charge < -0.3 is 20.1 Å². The summed E-state index contributed by atoms with van der Waals surface area (Å²) < 4.78 is 10.4. The second-order valence-electron chi connectivity index (χ2n) is 7.34. The lowest BCUT2D eigenvalue weighted by Crippen LogP contribution is -2.42. The van der Waals surface area contributed by atoms with E-state index in [1.54, 1.807) is 31.2 Å². The molecule has 11 heteroatoms. The van der Waals surface area contributed by atoms with Gasteiger partial charge in [0, 0.05) is 6.07 Å². The SMILES string of the molecule is COc1ccc(C2(C)NC(=O)N(CC(=O)Nc3ccc(C)cc3[N+](=O)[O-])C2=O)cc1OC. The molecule has 0 saturated carbocycles. The molecule has 1 atom stereocenters. The summed E-state index contributed by atoms with van der Waals surface area (Å²) in [5.41, 5.74) is -0.668. The number of benzene rings is 2. The number of imide groups is 1. The molecule has 1 saturated heterocycles. The van der Waals surface area contributed by atoms with Crippen LogP contribution >= 0.6 is 0 Å². The lowest BCUT2D eigenvalue weighted by molar-refractivity contribution is -0.384. The van der Waals surface area contributed by atoms with Crippen LogP contribution in [0.25, 0.3) is 0 Å². The van der Waals surface area contributed by atoms with Crippen molar-refractivity contribution in [3.05, 3.63) is 57.6 Å². The number of urea groups is 1. The number of hydrogen-bond donors (Lipinski definition) is 2. The fourth-order valence-corrected chi connectivity index (χ4v) is 3.42. The standard InChI is InChI=1S/C21H22N4O7/c1-12-5-7-14(15(9-12)25(29)30)22-18(26)11-24-19(27)21(2,23-20(24)28)13-6-8-16(31-3)17(10-13)32-4/h5-10H,11H2,1-4H3,(H,22,26)(H,23,28). The third kappa shape index (κ3) is 4.04. The highest BCUT2D eigenvalue weighted by atomic mass is 16.6. The number of nitro groups is 1. The van der Waals surface area contributed by atoms with Crippen LogP contribution in [0.2, 0.25) is 0 Å². The predicted octanol–water partition coefficient (Wildman–Crippen LogP) is 2.33. The van der Waals surface area contributed by atoms with Gasteiger partial charge in [-0.3, -0.25) is 24.6 Å². The van der Waals surface area contributed by atoms with Gasteiger partial charge in [-0.2, -0.15) is 0 Å². The largest absolute Gasteiger partial charge is 0.493 e. The number of nitro benzene ring substituents is 1. The first-order valence-electron chi connectivity index (χ1n) is 9.52. The first-order valence-corrected chi connectivity index (χ1v) is 9.52. The summed E-state index contributed by atoms with van der Waals surface area (Å²) in [6, 6.07) is 8.33. The third-order valence-corrected chi connectivity index (χ3v) is 5.16. The topological polar surface area (TPSA) is 140 Å². The molecule has 4 amide bonds. The van der Waals surface area contributed by atoms with E-state index >= 15 is 0 Å². The van der Waals surface area contributed by atoms with Crippen molar-refractivity contribution >= 4 is 29.2 Å². The van der Waals surface area contributed by atoms with Gasteiger partial charge in [0.25, 0.3) is 11.6 Å². The normalized spacial score (nSPS) is 17.7. The van der Waals surface area contributed by atoms with Crippen LogP contribution in [-0.2, 0) is 15.1 Å². The quantitative estimate of drug-likeness (QED) is 0.381. The maximum Gasteiger partial charge on any atom is 0.325 e. The van der Waals surface area contributed by atoms with Crippen LogP contribution in [-0.4, -0.2) is 48.4 Å². The van der Waals surface area contributed by atoms with Gasteiger partial charge in [-0.15, -0.1) is 0 Å². The first kappa shape index (κ1) is 22.5. The highest BCUT2D eigenvalue weighted by Crippen LogP contribution is 2.35. The van der Waals surface area contributed by atoms with Crippen LogP contribution in [0.1, 0.15) is 18.1 Å². The van der Waals surface area contributed by atoms with Crippen LogP contribution in [0.4, 0.5) is 16.2 Å². The molecule has 2 aromatic carbocycles. The van der Waals surface area contributed by atoms with Crippen molar-refractivity contribution in [2.75, 3.05) is 26.1 Å². The minimum absolute atomic E-state index is 0.0275. The highest BCUT2D eigenvalue weighted by Gasteiger charge is 2.49. The number of carbonyl (C=O) groups is 3. The van der Waals surface area contributed by atoms with E-state index in [1.165, 1.54) is 33.3 Å². The van der Waals surface area contributed by atoms with Crippen LogP contribution in [0, 0.1) is 17.0 Å². The van der Waals surface area contributed by atoms with Crippen molar-refractivity contribution in [2.24, 2.45) is 0 Å². The van der Waals surface area contributed by atoms with Gasteiger partial charge in [-0.05, 0) is 43.2 Å². The molecule has 2 aromatic rings. The van der Waals surface area contributed by atoms with Crippen molar-refractivity contribution in [3.63, 3.8) is 0 Å². The molecule has 11 nitrogen and oxygen atoms in total. The number of amides is 4. The molecule has 0 spiro atoms. The van der Waals surface area contributed by atoms with E-state index < -0.39 is 34.9 Å². The summed E-state index contributed by atoms with van der Waals surface area (Å²) in [5.74, 6) is -0.580. The molecule has 1 heterocycles. The van der Waals surface area contributed by atoms with Crippen molar-refractivity contribution in [1.29, 1.82) is 0 Å². The molecule has 0 aromatic heterocycles. The molecular formula is C21H22N4O7. The molecule has 0 aliphatic carbocycles. The molecule has 1 fully saturated rings. The lowest BCUT2D eigenvalue weighted by atomic mass is 9.91. The lowest BCUT2D eigenvalue weighted by Gasteiger charge is -2.23. The molecule has 2 N–H and O–H groups in total. The highest BCUT2D eigenvalue weighted by molar-refractivity contribution is 6.10. The number of rotatable bonds is 7. The van der Waals surface area contributed by atoms with E-state index in [0.29, 0.717) is 22.6 Å². The summed E-state index contributed by atoms with van der Waals surface area (Å²) in [5, 5.41) is 16.2. The van der Waals surface area contributed by atoms with Crippen LogP contribution in [0.5, 0.6) is 11.5 Å². The summed E-state index contributed by atoms with van der Waals surface area (Å²) >= 11 is 0. The molecule has 3 rings (SSSR count). The zero-order chi connectivity index (χ0) is 23.6. The molecule has 0 radical (unpaired) electrons. The molecule has 0 bridgehead atoms. The number of carbonyl (C=O) groups excluding carboxylic acids is 3. The minimum Gasteiger partial charge on any atom is -0.493 e. The summed E-state index contributed by atoms with van der Waals surface area (Å²) in [6.07, 6.45) is 0. The number of methoxy groups -OCH3 is 2. The second-order valence-corrected chi connectivity index (χ2v) is 7.34. The predicted molar refractivity (Wildman–Crippen MR) is 114 cm³/mol. The summed E-state index contributed by atoms with van der Waals surface area (Å²) in [7, 11) is 2.92. The van der Waals surface area contributed by atoms with Crippen molar-refractivity contribution in [2.45, 2.75) is 19.4 Å². The van der Waals surface area contributed by atoms with Gasteiger partial charge in [-0.25, -0.2) is 4.79 Å². The van der Waals surface area contributed by atoms with Gasteiger partial charge in [0.2, 0.25) is 5.91 Å². The first-order chi connectivity index (χ1) is 15.1. The number of anilines is 1. The molecule has 1 aliphatic heterocycles. The van der Waals surface area contributed by atoms with E-state index in [-0.39, 0.29) is 11.4 Å². The molecule has 32 heavy (non-hydrogen) atoms. The Kier molecular flexibility index (Phi) is 6.01. The van der Waals surface area contributed by atoms with Gasteiger partial charge in [-0.1, -0.05) is 12.1 Å². The Morgan fingerprint density at radius 2 is 1.84 bits per heavy atom. The van der Waals surface area contributed by atoms with Gasteiger partial charge in [0.1, 0.15) is 17.8 Å². The van der Waals surface area contributed by atoms with Crippen molar-refractivity contribution < 1.29 is 28.8 Å². The van der Waals surface area contributed by atoms with E-state index in [0.717, 1.165) is 4.90 Å². The number of nitrogens with zero attached hydrogens (tertiary/aromatic N) is 2. The monoisotopic (exact) mass is 442 g/mol. The maximum atomic E-state index is 13.1. The van der Waals surface area contributed by atoms with Crippen LogP contribution in [0.3, 0.4) is 0 Å². The fraction of sp³-hybridized carbons (Fsp3) is 0.286. The van der Waals surface area contributed by atoms with Crippen LogP contribution in [0.15, 0.2) is 36.4 Å². The van der Waals surface area contributed by atoms with E-state index in [1.807, 2.05) is 0 Å². The Morgan fingerprint density at radius 3 is 2.47 bits per heavy atom. The Hall–Kier alpha value is -4.15. The maximum absolute atomic E-state index is 13.1. The Morgan fingerprint density at radius 1 is 1.16 bits per heavy atom. The van der Waals surface area contributed by atoms with Crippen LogP contribution < -0.4 is 20.1 Å². The van der Waals surface area contributed by atoms with Gasteiger partial charge in [0.15, 0.2) is 11.5 Å². The fourth-order valence-electron chi connectivity index (χ4n) is 3.42. The molecule has 168 valence electrons. The Balaban J connectivity index is 1.81. The molecule has 1 unspecified atom stereocenters. The Labute approximate surface area is 183 Å². The average Bonchev–Trinajstić information content (AvgIpc) is 2.98.